The van der Waals surface area contributed by atoms with Gasteiger partial charge in [-0.3, -0.25) is 0 Å². The minimum atomic E-state index is -0.386. The average molecular weight is 337 g/mol. The summed E-state index contributed by atoms with van der Waals surface area (Å²) in [7, 11) is 0. The number of hydrogen-bond acceptors (Lipinski definition) is 4. The van der Waals surface area contributed by atoms with E-state index >= 15 is 0 Å². The van der Waals surface area contributed by atoms with E-state index in [-0.39, 0.29) is 5.82 Å². The molecule has 3 aromatic rings. The molecule has 6 rings (SSSR count). The van der Waals surface area contributed by atoms with Crippen LogP contribution in [0.4, 0.5) is 10.2 Å². The van der Waals surface area contributed by atoms with Crippen molar-refractivity contribution in [2.45, 2.75) is 38.1 Å². The molecule has 0 saturated heterocycles. The number of nitrogens with zero attached hydrogens (tertiary/aromatic N) is 3. The van der Waals surface area contributed by atoms with Crippen LogP contribution in [0.3, 0.4) is 0 Å². The van der Waals surface area contributed by atoms with Gasteiger partial charge in [-0.15, -0.1) is 0 Å². The third-order valence-corrected chi connectivity index (χ3v) is 5.81. The molecule has 128 valence electrons. The highest BCUT2D eigenvalue weighted by Crippen LogP contribution is 2.42. The van der Waals surface area contributed by atoms with Gasteiger partial charge in [-0.05, 0) is 43.2 Å². The number of rotatable bonds is 3. The smallest absolute Gasteiger partial charge is 0.183 e. The second-order valence-corrected chi connectivity index (χ2v) is 7.26. The molecule has 3 heterocycles. The maximum Gasteiger partial charge on any atom is 0.183 e. The van der Waals surface area contributed by atoms with Crippen molar-refractivity contribution >= 4 is 16.9 Å². The Balaban J connectivity index is 1.48. The minimum absolute atomic E-state index is 0.320. The number of nitrogens with one attached hydrogen (secondary N) is 2. The Bertz CT molecular complexity index is 913. The summed E-state index contributed by atoms with van der Waals surface area (Å²) in [6.07, 6.45) is 11.1. The lowest BCUT2D eigenvalue weighted by Crippen LogP contribution is -2.40. The van der Waals surface area contributed by atoms with E-state index in [1.54, 1.807) is 6.20 Å². The highest BCUT2D eigenvalue weighted by molar-refractivity contribution is 5.91. The number of fused-ring (bicyclic) bond motifs is 4. The van der Waals surface area contributed by atoms with Crippen LogP contribution in [0, 0.1) is 17.7 Å². The van der Waals surface area contributed by atoms with E-state index in [0.29, 0.717) is 23.6 Å². The number of halogens is 1. The van der Waals surface area contributed by atoms with E-state index < -0.39 is 0 Å². The van der Waals surface area contributed by atoms with Gasteiger partial charge in [0.25, 0.3) is 0 Å². The Morgan fingerprint density at radius 3 is 2.84 bits per heavy atom. The first-order valence-electron chi connectivity index (χ1n) is 8.99. The number of aromatic amines is 1. The van der Waals surface area contributed by atoms with Crippen molar-refractivity contribution in [2.24, 2.45) is 11.8 Å². The summed E-state index contributed by atoms with van der Waals surface area (Å²) < 4.78 is 14.3. The Morgan fingerprint density at radius 2 is 2.04 bits per heavy atom. The lowest BCUT2D eigenvalue weighted by atomic mass is 9.68. The Labute approximate surface area is 145 Å². The molecule has 3 aliphatic rings. The van der Waals surface area contributed by atoms with Crippen molar-refractivity contribution in [3.63, 3.8) is 0 Å². The van der Waals surface area contributed by atoms with Gasteiger partial charge in [0.05, 0.1) is 6.20 Å². The first-order valence-corrected chi connectivity index (χ1v) is 8.99. The van der Waals surface area contributed by atoms with Crippen LogP contribution < -0.4 is 5.32 Å². The van der Waals surface area contributed by atoms with E-state index in [1.807, 2.05) is 18.3 Å². The molecule has 0 aliphatic heterocycles. The number of anilines is 1. The van der Waals surface area contributed by atoms with Crippen LogP contribution in [0.1, 0.15) is 32.1 Å². The van der Waals surface area contributed by atoms with Crippen LogP contribution in [-0.2, 0) is 0 Å². The van der Waals surface area contributed by atoms with Crippen LogP contribution in [-0.4, -0.2) is 26.0 Å². The van der Waals surface area contributed by atoms with Gasteiger partial charge in [0, 0.05) is 29.4 Å². The molecular weight excluding hydrogens is 317 g/mol. The molecule has 0 radical (unpaired) electrons. The zero-order chi connectivity index (χ0) is 16.8. The van der Waals surface area contributed by atoms with Crippen LogP contribution >= 0.6 is 0 Å². The van der Waals surface area contributed by atoms with Crippen molar-refractivity contribution in [1.29, 1.82) is 0 Å². The van der Waals surface area contributed by atoms with Gasteiger partial charge >= 0.3 is 0 Å². The largest absolute Gasteiger partial charge is 0.364 e. The molecule has 0 spiro atoms. The summed E-state index contributed by atoms with van der Waals surface area (Å²) in [5, 5.41) is 4.32. The molecule has 2 N–H and O–H groups in total. The molecule has 0 unspecified atom stereocenters. The van der Waals surface area contributed by atoms with Gasteiger partial charge < -0.3 is 10.3 Å². The first kappa shape index (κ1) is 14.8. The minimum Gasteiger partial charge on any atom is -0.364 e. The van der Waals surface area contributed by atoms with Gasteiger partial charge in [-0.25, -0.2) is 19.3 Å². The van der Waals surface area contributed by atoms with Crippen LogP contribution in [0.15, 0.2) is 30.7 Å². The second kappa shape index (κ2) is 5.79. The van der Waals surface area contributed by atoms with Crippen molar-refractivity contribution in [2.75, 3.05) is 5.32 Å². The SMILES string of the molecule is Fc1cnc(-c2c[nH]c3ncccc23)nc1N[C@H]1CC2CCC1CC2. The summed E-state index contributed by atoms with van der Waals surface area (Å²) in [5.74, 6) is 1.87. The summed E-state index contributed by atoms with van der Waals surface area (Å²) in [5.41, 5.74) is 1.63. The average Bonchev–Trinajstić information content (AvgIpc) is 3.09. The number of hydrogen-bond donors (Lipinski definition) is 2. The third-order valence-electron chi connectivity index (χ3n) is 5.81. The fraction of sp³-hybridized carbons (Fsp3) is 0.421. The molecule has 25 heavy (non-hydrogen) atoms. The molecule has 5 nitrogen and oxygen atoms in total. The molecule has 6 heteroatoms. The van der Waals surface area contributed by atoms with E-state index in [0.717, 1.165) is 28.9 Å². The summed E-state index contributed by atoms with van der Waals surface area (Å²) in [6.45, 7) is 0. The van der Waals surface area contributed by atoms with Crippen molar-refractivity contribution in [1.82, 2.24) is 19.9 Å². The number of H-pyrrole nitrogens is 1. The van der Waals surface area contributed by atoms with Gasteiger partial charge in [0.1, 0.15) is 5.65 Å². The predicted molar refractivity (Wildman–Crippen MR) is 94.6 cm³/mol. The maximum atomic E-state index is 14.3. The van der Waals surface area contributed by atoms with Crippen LogP contribution in [0.5, 0.6) is 0 Å². The molecule has 2 bridgehead atoms. The van der Waals surface area contributed by atoms with Gasteiger partial charge in [0.2, 0.25) is 0 Å². The molecule has 3 aliphatic carbocycles. The Morgan fingerprint density at radius 1 is 1.16 bits per heavy atom. The van der Waals surface area contributed by atoms with Crippen molar-refractivity contribution in [3.8, 4) is 11.4 Å². The molecule has 1 atom stereocenters. The Kier molecular flexibility index (Phi) is 3.43. The van der Waals surface area contributed by atoms with Crippen molar-refractivity contribution in [3.05, 3.63) is 36.5 Å². The summed E-state index contributed by atoms with van der Waals surface area (Å²) >= 11 is 0. The fourth-order valence-corrected chi connectivity index (χ4v) is 4.47. The fourth-order valence-electron chi connectivity index (χ4n) is 4.47. The monoisotopic (exact) mass is 337 g/mol. The molecule has 0 amide bonds. The Hall–Kier alpha value is -2.50. The highest BCUT2D eigenvalue weighted by atomic mass is 19.1. The van der Waals surface area contributed by atoms with E-state index in [9.17, 15) is 4.39 Å². The first-order chi connectivity index (χ1) is 12.3. The number of aromatic nitrogens is 4. The van der Waals surface area contributed by atoms with Crippen LogP contribution in [0.25, 0.3) is 22.4 Å². The lowest BCUT2D eigenvalue weighted by molar-refractivity contribution is 0.157. The van der Waals surface area contributed by atoms with E-state index in [4.69, 9.17) is 0 Å². The summed E-state index contributed by atoms with van der Waals surface area (Å²) in [4.78, 5) is 16.1. The van der Waals surface area contributed by atoms with Crippen molar-refractivity contribution < 1.29 is 4.39 Å². The third kappa shape index (κ3) is 2.56. The zero-order valence-electron chi connectivity index (χ0n) is 13.9. The van der Waals surface area contributed by atoms with E-state index in [1.165, 1.54) is 31.9 Å². The molecule has 3 aromatic heterocycles. The maximum absolute atomic E-state index is 14.3. The summed E-state index contributed by atoms with van der Waals surface area (Å²) in [6, 6.07) is 4.17. The molecule has 0 aromatic carbocycles. The van der Waals surface area contributed by atoms with Gasteiger partial charge in [-0.2, -0.15) is 0 Å². The number of pyridine rings is 1. The van der Waals surface area contributed by atoms with Crippen LogP contribution in [0.2, 0.25) is 0 Å². The van der Waals surface area contributed by atoms with E-state index in [2.05, 4.69) is 25.3 Å². The molecule has 3 saturated carbocycles. The molecule has 3 fully saturated rings. The van der Waals surface area contributed by atoms with Gasteiger partial charge in [0.15, 0.2) is 17.5 Å². The lowest BCUT2D eigenvalue weighted by Gasteiger charge is -2.42. The zero-order valence-corrected chi connectivity index (χ0v) is 13.9. The topological polar surface area (TPSA) is 66.5 Å². The highest BCUT2D eigenvalue weighted by Gasteiger charge is 2.36. The predicted octanol–water partition coefficient (Wildman–Crippen LogP) is 4.15. The van der Waals surface area contributed by atoms with Gasteiger partial charge in [-0.1, -0.05) is 12.8 Å². The molecular formula is C19H20FN5. The normalized spacial score (nSPS) is 25.4. The quantitative estimate of drug-likeness (QED) is 0.753. The second-order valence-electron chi connectivity index (χ2n) is 7.26. The standard InChI is InChI=1S/C19H20FN5/c20-15-10-23-18(14-9-22-17-13(14)2-1-7-21-17)25-19(15)24-16-8-11-3-5-12(16)6-4-11/h1-2,7,9-12,16H,3-6,8H2,(H,21,22)(H,23,24,25)/t11?,12?,16-/m0/s1.